The third-order valence-corrected chi connectivity index (χ3v) is 6.17. The van der Waals surface area contributed by atoms with Crippen molar-refractivity contribution in [1.82, 2.24) is 9.80 Å². The number of fused-ring (bicyclic) bond motifs is 1. The van der Waals surface area contributed by atoms with Gasteiger partial charge in [-0.05, 0) is 55.7 Å². The van der Waals surface area contributed by atoms with Crippen LogP contribution in [0, 0.1) is 13.8 Å². The minimum Gasteiger partial charge on any atom is -0.464 e. The molecule has 1 fully saturated rings. The quantitative estimate of drug-likeness (QED) is 0.623. The van der Waals surface area contributed by atoms with E-state index in [0.29, 0.717) is 43.3 Å². The molecule has 7 heteroatoms. The zero-order valence-electron chi connectivity index (χ0n) is 17.8. The van der Waals surface area contributed by atoms with Gasteiger partial charge in [-0.3, -0.25) is 4.79 Å². The summed E-state index contributed by atoms with van der Waals surface area (Å²) >= 11 is 5.90. The Hall–Kier alpha value is -2.99. The van der Waals surface area contributed by atoms with E-state index in [1.54, 1.807) is 35.4 Å². The van der Waals surface area contributed by atoms with Crippen molar-refractivity contribution in [3.05, 3.63) is 64.4 Å². The van der Waals surface area contributed by atoms with Gasteiger partial charge in [0.2, 0.25) is 5.91 Å². The number of nitrogens with one attached hydrogen (secondary N) is 1. The molecule has 6 nitrogen and oxygen atoms in total. The average molecular weight is 440 g/mol. The molecule has 0 radical (unpaired) electrons. The van der Waals surface area contributed by atoms with Gasteiger partial charge in [-0.1, -0.05) is 23.7 Å². The molecule has 1 aromatic heterocycles. The first-order valence-electron chi connectivity index (χ1n) is 10.5. The van der Waals surface area contributed by atoms with Crippen molar-refractivity contribution >= 4 is 40.2 Å². The van der Waals surface area contributed by atoms with Gasteiger partial charge in [0.05, 0.1) is 12.7 Å². The number of carbonyl (C=O) groups is 2. The van der Waals surface area contributed by atoms with Crippen LogP contribution in [0.5, 0.6) is 0 Å². The summed E-state index contributed by atoms with van der Waals surface area (Å²) < 4.78 is 5.75. The molecule has 0 unspecified atom stereocenters. The molecular weight excluding hydrogens is 414 g/mol. The maximum absolute atomic E-state index is 13.0. The number of rotatable bonds is 3. The number of benzene rings is 2. The van der Waals surface area contributed by atoms with Crippen LogP contribution in [-0.4, -0.2) is 47.9 Å². The molecule has 0 saturated carbocycles. The summed E-state index contributed by atoms with van der Waals surface area (Å²) in [6.07, 6.45) is 2.73. The topological polar surface area (TPSA) is 65.8 Å². The lowest BCUT2D eigenvalue weighted by Crippen LogP contribution is -2.39. The van der Waals surface area contributed by atoms with E-state index in [0.717, 1.165) is 28.5 Å². The van der Waals surface area contributed by atoms with Crippen molar-refractivity contribution in [2.75, 3.05) is 31.5 Å². The van der Waals surface area contributed by atoms with Gasteiger partial charge in [0.25, 0.3) is 0 Å². The summed E-state index contributed by atoms with van der Waals surface area (Å²) in [6.45, 7) is 6.34. The third-order valence-electron chi connectivity index (χ3n) is 5.91. The molecule has 0 bridgehead atoms. The van der Waals surface area contributed by atoms with E-state index in [1.807, 2.05) is 24.8 Å². The van der Waals surface area contributed by atoms with Gasteiger partial charge >= 0.3 is 6.03 Å². The second-order valence-corrected chi connectivity index (χ2v) is 8.42. The SMILES string of the molecule is Cc1ccc2c(CC(=O)N3CCCN(C(=O)Nc4ccc(Cl)cc4)CC3)coc2c1C. The smallest absolute Gasteiger partial charge is 0.321 e. The fraction of sp³-hybridized carbons (Fsp3) is 0.333. The summed E-state index contributed by atoms with van der Waals surface area (Å²) in [6, 6.07) is 10.9. The number of hydrogen-bond donors (Lipinski definition) is 1. The van der Waals surface area contributed by atoms with Gasteiger partial charge in [-0.2, -0.15) is 0 Å². The predicted molar refractivity (Wildman–Crippen MR) is 123 cm³/mol. The van der Waals surface area contributed by atoms with E-state index in [9.17, 15) is 9.59 Å². The molecule has 4 rings (SSSR count). The van der Waals surface area contributed by atoms with Crippen molar-refractivity contribution < 1.29 is 14.0 Å². The molecule has 31 heavy (non-hydrogen) atoms. The van der Waals surface area contributed by atoms with Crippen molar-refractivity contribution in [2.24, 2.45) is 0 Å². The fourth-order valence-electron chi connectivity index (χ4n) is 3.91. The summed E-state index contributed by atoms with van der Waals surface area (Å²) in [4.78, 5) is 29.2. The second kappa shape index (κ2) is 9.02. The number of anilines is 1. The van der Waals surface area contributed by atoms with E-state index in [-0.39, 0.29) is 11.9 Å². The molecule has 1 aliphatic heterocycles. The molecule has 1 saturated heterocycles. The van der Waals surface area contributed by atoms with E-state index in [1.165, 1.54) is 5.56 Å². The van der Waals surface area contributed by atoms with Gasteiger partial charge < -0.3 is 19.5 Å². The minimum absolute atomic E-state index is 0.0564. The Balaban J connectivity index is 1.37. The lowest BCUT2D eigenvalue weighted by Gasteiger charge is -2.22. The van der Waals surface area contributed by atoms with Crippen LogP contribution in [0.15, 0.2) is 47.1 Å². The zero-order chi connectivity index (χ0) is 22.0. The number of aryl methyl sites for hydroxylation is 2. The van der Waals surface area contributed by atoms with Crippen LogP contribution < -0.4 is 5.32 Å². The Morgan fingerprint density at radius 2 is 1.71 bits per heavy atom. The van der Waals surface area contributed by atoms with Crippen molar-refractivity contribution in [3.63, 3.8) is 0 Å². The minimum atomic E-state index is -0.164. The Kier molecular flexibility index (Phi) is 6.18. The van der Waals surface area contributed by atoms with E-state index in [2.05, 4.69) is 11.4 Å². The monoisotopic (exact) mass is 439 g/mol. The van der Waals surface area contributed by atoms with Gasteiger partial charge in [0, 0.05) is 47.8 Å². The molecule has 162 valence electrons. The van der Waals surface area contributed by atoms with Crippen LogP contribution in [0.25, 0.3) is 11.0 Å². The summed E-state index contributed by atoms with van der Waals surface area (Å²) in [5.74, 6) is 0.0564. The molecular formula is C24H26ClN3O3. The summed E-state index contributed by atoms with van der Waals surface area (Å²) in [7, 11) is 0. The number of amides is 3. The zero-order valence-corrected chi connectivity index (χ0v) is 18.5. The van der Waals surface area contributed by atoms with Crippen LogP contribution in [0.4, 0.5) is 10.5 Å². The number of urea groups is 1. The van der Waals surface area contributed by atoms with Gasteiger partial charge in [-0.15, -0.1) is 0 Å². The van der Waals surface area contributed by atoms with Crippen molar-refractivity contribution in [2.45, 2.75) is 26.7 Å². The highest BCUT2D eigenvalue weighted by Gasteiger charge is 2.23. The second-order valence-electron chi connectivity index (χ2n) is 7.98. The van der Waals surface area contributed by atoms with Crippen molar-refractivity contribution in [3.8, 4) is 0 Å². The van der Waals surface area contributed by atoms with Crippen LogP contribution in [0.2, 0.25) is 5.02 Å². The molecule has 2 heterocycles. The Morgan fingerprint density at radius 3 is 2.48 bits per heavy atom. The number of halogens is 1. The molecule has 0 aliphatic carbocycles. The normalized spacial score (nSPS) is 14.5. The highest BCUT2D eigenvalue weighted by Crippen LogP contribution is 2.27. The Bertz CT molecular complexity index is 1110. The van der Waals surface area contributed by atoms with Crippen LogP contribution in [0.3, 0.4) is 0 Å². The highest BCUT2D eigenvalue weighted by molar-refractivity contribution is 6.30. The van der Waals surface area contributed by atoms with Gasteiger partial charge in [-0.25, -0.2) is 4.79 Å². The van der Waals surface area contributed by atoms with Crippen LogP contribution in [0.1, 0.15) is 23.1 Å². The molecule has 1 aliphatic rings. The number of furan rings is 1. The van der Waals surface area contributed by atoms with Gasteiger partial charge in [0.15, 0.2) is 0 Å². The van der Waals surface area contributed by atoms with Crippen LogP contribution >= 0.6 is 11.6 Å². The Labute approximate surface area is 186 Å². The maximum atomic E-state index is 13.0. The molecule has 3 aromatic rings. The van der Waals surface area contributed by atoms with E-state index >= 15 is 0 Å². The maximum Gasteiger partial charge on any atom is 0.321 e. The first kappa shape index (κ1) is 21.2. The third kappa shape index (κ3) is 4.69. The summed E-state index contributed by atoms with van der Waals surface area (Å²) in [5.41, 5.74) is 4.73. The average Bonchev–Trinajstić information content (AvgIpc) is 2.99. The van der Waals surface area contributed by atoms with Crippen LogP contribution in [-0.2, 0) is 11.2 Å². The summed E-state index contributed by atoms with van der Waals surface area (Å²) in [5, 5.41) is 4.51. The largest absolute Gasteiger partial charge is 0.464 e. The predicted octanol–water partition coefficient (Wildman–Crippen LogP) is 5.01. The van der Waals surface area contributed by atoms with E-state index in [4.69, 9.17) is 16.0 Å². The molecule has 1 N–H and O–H groups in total. The first-order chi connectivity index (χ1) is 14.9. The fourth-order valence-corrected chi connectivity index (χ4v) is 4.03. The number of nitrogens with zero attached hydrogens (tertiary/aromatic N) is 2. The molecule has 0 atom stereocenters. The molecule has 2 aromatic carbocycles. The van der Waals surface area contributed by atoms with E-state index < -0.39 is 0 Å². The van der Waals surface area contributed by atoms with Gasteiger partial charge in [0.1, 0.15) is 5.58 Å². The number of hydrogen-bond acceptors (Lipinski definition) is 3. The first-order valence-corrected chi connectivity index (χ1v) is 10.9. The van der Waals surface area contributed by atoms with Crippen molar-refractivity contribution in [1.29, 1.82) is 0 Å². The lowest BCUT2D eigenvalue weighted by molar-refractivity contribution is -0.130. The highest BCUT2D eigenvalue weighted by atomic mass is 35.5. The number of carbonyl (C=O) groups excluding carboxylic acids is 2. The molecule has 3 amide bonds. The lowest BCUT2D eigenvalue weighted by atomic mass is 10.0. The standard InChI is InChI=1S/C24H26ClN3O3/c1-16-4-9-21-18(15-31-23(21)17(16)2)14-22(29)27-10-3-11-28(13-12-27)24(30)26-20-7-5-19(25)6-8-20/h4-9,15H,3,10-14H2,1-2H3,(H,26,30). The molecule has 0 spiro atoms. The Morgan fingerprint density at radius 1 is 1.00 bits per heavy atom.